The maximum atomic E-state index is 13.5. The molecule has 0 aromatic carbocycles. The van der Waals surface area contributed by atoms with Gasteiger partial charge in [-0.15, -0.1) is 0 Å². The predicted octanol–water partition coefficient (Wildman–Crippen LogP) is 2.58. The largest absolute Gasteiger partial charge is 0.431 e. The van der Waals surface area contributed by atoms with Gasteiger partial charge in [0.05, 0.1) is 18.3 Å². The summed E-state index contributed by atoms with van der Waals surface area (Å²) in [6.45, 7) is 0. The molecule has 29 heavy (non-hydrogen) atoms. The molecule has 1 amide bonds. The van der Waals surface area contributed by atoms with Crippen LogP contribution in [0, 0.1) is 0 Å². The summed E-state index contributed by atoms with van der Waals surface area (Å²) in [4.78, 5) is 16.7. The van der Waals surface area contributed by atoms with Crippen molar-refractivity contribution in [1.29, 1.82) is 0 Å². The first-order chi connectivity index (χ1) is 13.7. The van der Waals surface area contributed by atoms with Gasteiger partial charge in [0.1, 0.15) is 23.1 Å². The molecule has 1 atom stereocenters. The highest BCUT2D eigenvalue weighted by Crippen LogP contribution is 2.36. The number of rotatable bonds is 3. The van der Waals surface area contributed by atoms with Crippen LogP contribution in [-0.4, -0.2) is 44.1 Å². The Labute approximate surface area is 164 Å². The lowest BCUT2D eigenvalue weighted by molar-refractivity contribution is -0.119. The predicted molar refractivity (Wildman–Crippen MR) is 99.8 cm³/mol. The summed E-state index contributed by atoms with van der Waals surface area (Å²) in [5.41, 5.74) is 4.87. The summed E-state index contributed by atoms with van der Waals surface area (Å²) < 4.78 is 42.4. The van der Waals surface area contributed by atoms with Crippen molar-refractivity contribution in [1.82, 2.24) is 14.8 Å². The average molecular weight is 407 g/mol. The number of nitrogens with two attached hydrogens (primary N) is 1. The molecule has 1 aliphatic carbocycles. The normalized spacial score (nSPS) is 25.3. The topological polar surface area (TPSA) is 97.3 Å². The number of primary amides is 1. The maximum Gasteiger partial charge on any atom is 0.431 e. The van der Waals surface area contributed by atoms with Gasteiger partial charge < -0.3 is 15.7 Å². The highest BCUT2D eigenvalue weighted by molar-refractivity contribution is 5.89. The van der Waals surface area contributed by atoms with E-state index in [1.807, 2.05) is 0 Å². The van der Waals surface area contributed by atoms with Gasteiger partial charge in [0.25, 0.3) is 0 Å². The number of aliphatic hydroxyl groups is 1. The molecule has 3 N–H and O–H groups in total. The van der Waals surface area contributed by atoms with Gasteiger partial charge in [-0.05, 0) is 37.8 Å². The van der Waals surface area contributed by atoms with Crippen molar-refractivity contribution >= 4 is 22.6 Å². The van der Waals surface area contributed by atoms with Gasteiger partial charge in [0, 0.05) is 11.6 Å². The zero-order chi connectivity index (χ0) is 20.8. The lowest BCUT2D eigenvalue weighted by Gasteiger charge is -2.33. The summed E-state index contributed by atoms with van der Waals surface area (Å²) in [6.07, 6.45) is 4.47. The van der Waals surface area contributed by atoms with Gasteiger partial charge in [-0.3, -0.25) is 9.48 Å². The van der Waals surface area contributed by atoms with E-state index in [1.54, 1.807) is 10.9 Å². The number of allylic oxidation sites excluding steroid dienone is 3. The fourth-order valence-corrected chi connectivity index (χ4v) is 3.86. The molecular formula is C19H20F3N5O2. The van der Waals surface area contributed by atoms with Crippen LogP contribution >= 0.6 is 0 Å². The first kappa shape index (κ1) is 19.4. The van der Waals surface area contributed by atoms with Crippen LogP contribution in [0.2, 0.25) is 0 Å². The van der Waals surface area contributed by atoms with Gasteiger partial charge in [-0.25, -0.2) is 4.98 Å². The lowest BCUT2D eigenvalue weighted by atomic mass is 9.93. The zero-order valence-electron chi connectivity index (χ0n) is 15.4. The number of alkyl halides is 3. The average Bonchev–Trinajstić information content (AvgIpc) is 3.10. The summed E-state index contributed by atoms with van der Waals surface area (Å²) >= 11 is 0. The van der Waals surface area contributed by atoms with Crippen LogP contribution in [-0.2, 0) is 4.79 Å². The van der Waals surface area contributed by atoms with Gasteiger partial charge >= 0.3 is 6.18 Å². The molecule has 1 fully saturated rings. The van der Waals surface area contributed by atoms with Crippen LogP contribution in [0.4, 0.5) is 19.0 Å². The molecule has 4 rings (SSSR count). The van der Waals surface area contributed by atoms with Gasteiger partial charge in [0.2, 0.25) is 5.91 Å². The minimum Gasteiger partial charge on any atom is -0.393 e. The number of nitrogens with zero attached hydrogens (tertiary/aromatic N) is 4. The van der Waals surface area contributed by atoms with E-state index >= 15 is 0 Å². The molecule has 1 unspecified atom stereocenters. The van der Waals surface area contributed by atoms with Crippen molar-refractivity contribution in [3.8, 4) is 0 Å². The van der Waals surface area contributed by atoms with Crippen molar-refractivity contribution in [3.63, 3.8) is 0 Å². The van der Waals surface area contributed by atoms with Crippen LogP contribution in [0.15, 0.2) is 42.4 Å². The van der Waals surface area contributed by atoms with Gasteiger partial charge in [-0.1, -0.05) is 12.2 Å². The third kappa shape index (κ3) is 3.71. The number of aromatic nitrogens is 3. The van der Waals surface area contributed by atoms with Crippen molar-refractivity contribution < 1.29 is 23.1 Å². The van der Waals surface area contributed by atoms with E-state index in [-0.39, 0.29) is 18.0 Å². The van der Waals surface area contributed by atoms with E-state index in [2.05, 4.69) is 10.1 Å². The van der Waals surface area contributed by atoms with E-state index in [4.69, 9.17) is 5.73 Å². The van der Waals surface area contributed by atoms with Gasteiger partial charge in [-0.2, -0.15) is 18.3 Å². The fourth-order valence-electron chi connectivity index (χ4n) is 3.86. The van der Waals surface area contributed by atoms with Crippen molar-refractivity contribution in [2.24, 2.45) is 5.73 Å². The Hall–Kier alpha value is -2.88. The number of fused-ring (bicyclic) bond motifs is 1. The quantitative estimate of drug-likeness (QED) is 0.815. The smallest absolute Gasteiger partial charge is 0.393 e. The molecule has 0 radical (unpaired) electrons. The second-order valence-corrected chi connectivity index (χ2v) is 7.32. The number of amides is 1. The highest BCUT2D eigenvalue weighted by Gasteiger charge is 2.43. The summed E-state index contributed by atoms with van der Waals surface area (Å²) in [6, 6.07) is 0.304. The molecule has 7 nitrogen and oxygen atoms in total. The minimum atomic E-state index is -4.68. The monoisotopic (exact) mass is 407 g/mol. The molecule has 0 spiro atoms. The van der Waals surface area contributed by atoms with Crippen LogP contribution < -0.4 is 10.6 Å². The fraction of sp³-hybridized carbons (Fsp3) is 0.421. The molecule has 10 heteroatoms. The Bertz CT molecular complexity index is 989. The number of hydrogen-bond donors (Lipinski definition) is 2. The van der Waals surface area contributed by atoms with E-state index in [1.165, 1.54) is 24.4 Å². The minimum absolute atomic E-state index is 0.0344. The number of hydrogen-bond acceptors (Lipinski definition) is 5. The number of aliphatic hydroxyl groups excluding tert-OH is 1. The Kier molecular flexibility index (Phi) is 4.81. The van der Waals surface area contributed by atoms with Crippen LogP contribution in [0.5, 0.6) is 0 Å². The molecule has 0 saturated heterocycles. The van der Waals surface area contributed by atoms with E-state index in [0.29, 0.717) is 23.7 Å². The summed E-state index contributed by atoms with van der Waals surface area (Å²) in [7, 11) is 0. The molecule has 1 saturated carbocycles. The summed E-state index contributed by atoms with van der Waals surface area (Å²) in [5.74, 6) is -0.942. The van der Waals surface area contributed by atoms with Crippen molar-refractivity contribution in [2.45, 2.75) is 50.0 Å². The molecule has 0 bridgehead atoms. The van der Waals surface area contributed by atoms with Gasteiger partial charge in [0.15, 0.2) is 0 Å². The number of carbonyl (C=O) groups is 1. The van der Waals surface area contributed by atoms with Crippen LogP contribution in [0.3, 0.4) is 0 Å². The number of carbonyl (C=O) groups excluding carboxylic acids is 1. The van der Waals surface area contributed by atoms with Crippen molar-refractivity contribution in [2.75, 3.05) is 4.90 Å². The first-order valence-corrected chi connectivity index (χ1v) is 9.31. The third-order valence-electron chi connectivity index (χ3n) is 5.35. The Balaban J connectivity index is 1.71. The Morgan fingerprint density at radius 1 is 1.24 bits per heavy atom. The second kappa shape index (κ2) is 7.18. The molecule has 2 aromatic heterocycles. The molecular weight excluding hydrogens is 387 g/mol. The highest BCUT2D eigenvalue weighted by atomic mass is 19.4. The van der Waals surface area contributed by atoms with Crippen LogP contribution in [0.1, 0.15) is 31.7 Å². The van der Waals surface area contributed by atoms with Crippen LogP contribution in [0.25, 0.3) is 10.9 Å². The molecule has 1 aliphatic heterocycles. The number of halogens is 3. The first-order valence-electron chi connectivity index (χ1n) is 9.31. The molecule has 154 valence electrons. The van der Waals surface area contributed by atoms with E-state index < -0.39 is 23.8 Å². The van der Waals surface area contributed by atoms with E-state index in [9.17, 15) is 23.1 Å². The zero-order valence-corrected chi connectivity index (χ0v) is 15.4. The summed E-state index contributed by atoms with van der Waals surface area (Å²) in [5, 5.41) is 14.8. The maximum absolute atomic E-state index is 13.5. The van der Waals surface area contributed by atoms with Crippen molar-refractivity contribution in [3.05, 3.63) is 42.4 Å². The Morgan fingerprint density at radius 2 is 1.97 bits per heavy atom. The lowest BCUT2D eigenvalue weighted by Crippen LogP contribution is -2.47. The molecule has 3 heterocycles. The number of pyridine rings is 1. The molecule has 2 aliphatic rings. The standard InChI is InChI=1S/C19H20F3N5O2/c20-19(21,22)16-3-1-2-15(18(23)29)27(16)17-8-11-10-26(25-14(11)9-24-17)12-4-6-13(28)7-5-12/h1-3,8-10,12-13,15,28H,4-7H2,(H2,23,29). The van der Waals surface area contributed by atoms with E-state index in [0.717, 1.165) is 23.8 Å². The molecule has 2 aromatic rings. The third-order valence-corrected chi connectivity index (χ3v) is 5.35. The SMILES string of the molecule is NC(=O)C1C=CC=C(C(F)(F)F)N1c1cc2cn(C3CCC(O)CC3)nc2cn1. The number of anilines is 1. The Morgan fingerprint density at radius 3 is 2.62 bits per heavy atom. The second-order valence-electron chi connectivity index (χ2n) is 7.32.